The maximum absolute atomic E-state index is 12.9. The van der Waals surface area contributed by atoms with Gasteiger partial charge in [0.05, 0.1) is 49.9 Å². The minimum absolute atomic E-state index is 0.0334. The molecule has 64 heavy (non-hydrogen) atoms. The molecule has 4 heterocycles. The van der Waals surface area contributed by atoms with E-state index < -0.39 is 48.0 Å². The molecule has 24 nitrogen and oxygen atoms in total. The van der Waals surface area contributed by atoms with Crippen LogP contribution in [-0.2, 0) is 47.7 Å². The Balaban J connectivity index is 0.000000745. The van der Waals surface area contributed by atoms with E-state index in [0.29, 0.717) is 113 Å². The van der Waals surface area contributed by atoms with E-state index >= 15 is 0 Å². The van der Waals surface area contributed by atoms with Gasteiger partial charge in [0, 0.05) is 86.8 Å². The molecule has 0 spiro atoms. The van der Waals surface area contributed by atoms with E-state index in [4.69, 9.17) is 48.8 Å². The number of morpholine rings is 2. The molecule has 0 unspecified atom stereocenters. The number of nitrogens with one attached hydrogen (secondary N) is 2. The molecular formula is C38H56N8O16S2. The van der Waals surface area contributed by atoms with E-state index in [9.17, 15) is 28.8 Å². The molecular weight excluding hydrogens is 889 g/mol. The molecule has 2 fully saturated rings. The number of anilines is 2. The first kappa shape index (κ1) is 54.3. The SMILES string of the molecule is CC(C)(C)NC[C@@H](COc1nsnc1N1CCOCC1)OC(=O)/C=C/C(=O)O[C@@H](CNC(C)(C)C)COc1nsnc1N1CCOCC1.O=C(O)/C=C\C(=O)O.O=C(O)/C=C\C(=O)O. The Labute approximate surface area is 377 Å². The normalized spacial score (nSPS) is 15.3. The fraction of sp³-hybridized carbons (Fsp3) is 0.579. The summed E-state index contributed by atoms with van der Waals surface area (Å²) in [6.07, 6.45) is 2.97. The zero-order valence-electron chi connectivity index (χ0n) is 36.3. The van der Waals surface area contributed by atoms with Crippen LogP contribution in [0.1, 0.15) is 41.5 Å². The van der Waals surface area contributed by atoms with Gasteiger partial charge < -0.3 is 69.3 Å². The number of carboxylic acids is 4. The Morgan fingerprint density at radius 3 is 1.17 bits per heavy atom. The molecule has 2 aromatic heterocycles. The van der Waals surface area contributed by atoms with Gasteiger partial charge in [0.1, 0.15) is 25.4 Å². The fourth-order valence-corrected chi connectivity index (χ4v) is 5.79. The molecule has 0 saturated carbocycles. The van der Waals surface area contributed by atoms with Crippen molar-refractivity contribution >= 4 is 70.9 Å². The first-order valence-electron chi connectivity index (χ1n) is 19.5. The second-order valence-electron chi connectivity index (χ2n) is 15.3. The van der Waals surface area contributed by atoms with Gasteiger partial charge in [0.15, 0.2) is 0 Å². The van der Waals surface area contributed by atoms with Gasteiger partial charge in [-0.1, -0.05) is 0 Å². The average Bonchev–Trinajstić information content (AvgIpc) is 3.91. The summed E-state index contributed by atoms with van der Waals surface area (Å²) in [5.74, 6) is -4.43. The van der Waals surface area contributed by atoms with E-state index in [1.807, 2.05) is 41.5 Å². The van der Waals surface area contributed by atoms with Crippen molar-refractivity contribution in [2.75, 3.05) is 88.7 Å². The number of ether oxygens (including phenoxy) is 6. The zero-order valence-corrected chi connectivity index (χ0v) is 37.9. The molecule has 2 aliphatic rings. The van der Waals surface area contributed by atoms with Gasteiger partial charge in [-0.2, -0.15) is 8.75 Å². The monoisotopic (exact) mass is 944 g/mol. The molecule has 6 N–H and O–H groups in total. The molecule has 2 saturated heterocycles. The molecule has 4 rings (SSSR count). The number of nitrogens with zero attached hydrogens (tertiary/aromatic N) is 6. The van der Waals surface area contributed by atoms with Crippen LogP contribution in [0.5, 0.6) is 11.8 Å². The third kappa shape index (κ3) is 24.7. The van der Waals surface area contributed by atoms with Crippen LogP contribution in [0.15, 0.2) is 36.5 Å². The zero-order chi connectivity index (χ0) is 47.7. The maximum atomic E-state index is 12.9. The second-order valence-corrected chi connectivity index (χ2v) is 16.4. The third-order valence-electron chi connectivity index (χ3n) is 7.70. The predicted octanol–water partition coefficient (Wildman–Crippen LogP) is 1.10. The van der Waals surface area contributed by atoms with Gasteiger partial charge in [-0.25, -0.2) is 28.8 Å². The second kappa shape index (κ2) is 28.1. The highest BCUT2D eigenvalue weighted by atomic mass is 32.1. The van der Waals surface area contributed by atoms with Gasteiger partial charge in [-0.05, 0) is 41.5 Å². The summed E-state index contributed by atoms with van der Waals surface area (Å²) in [5, 5.41) is 37.9. The lowest BCUT2D eigenvalue weighted by molar-refractivity contribution is -0.147. The van der Waals surface area contributed by atoms with Crippen molar-refractivity contribution in [3.05, 3.63) is 36.5 Å². The van der Waals surface area contributed by atoms with E-state index in [-0.39, 0.29) is 24.3 Å². The van der Waals surface area contributed by atoms with E-state index in [2.05, 4.69) is 37.9 Å². The standard InChI is InChI=1S/C30H48N8O8S2.2C4H4O4/c1-29(2,3)31-17-21(19-43-27-25(33-47-35-27)37-9-13-41-14-10-37)45-23(39)7-8-24(40)46-22(18-32-30(4,5)6)20-44-28-26(34-48-36-28)38-11-15-42-16-12-38;2*5-3(6)1-2-4(7)8/h7-8,21-22,31-32H,9-20H2,1-6H3;2*1-2H,(H,5,6)(H,7,8)/b8-7+;2*2-1-/t21-,22-;;/m0../s1. The number of hydrogen-bond donors (Lipinski definition) is 6. The molecule has 0 amide bonds. The topological polar surface area (TPSA) is 321 Å². The minimum atomic E-state index is -1.26. The van der Waals surface area contributed by atoms with Crippen molar-refractivity contribution in [1.29, 1.82) is 0 Å². The summed E-state index contributed by atoms with van der Waals surface area (Å²) in [4.78, 5) is 68.0. The Bertz CT molecular complexity index is 1720. The van der Waals surface area contributed by atoms with Crippen molar-refractivity contribution in [1.82, 2.24) is 28.1 Å². The van der Waals surface area contributed by atoms with Crippen LogP contribution in [0.4, 0.5) is 11.6 Å². The molecule has 2 atom stereocenters. The number of carboxylic acid groups (broad SMARTS) is 4. The summed E-state index contributed by atoms with van der Waals surface area (Å²) < 4.78 is 51.5. The first-order chi connectivity index (χ1) is 30.1. The Kier molecular flexibility index (Phi) is 23.8. The van der Waals surface area contributed by atoms with Gasteiger partial charge in [-0.3, -0.25) is 0 Å². The van der Waals surface area contributed by atoms with Gasteiger partial charge >= 0.3 is 35.8 Å². The number of esters is 2. The molecule has 2 aliphatic heterocycles. The number of carbonyl (C=O) groups excluding carboxylic acids is 2. The quantitative estimate of drug-likeness (QED) is 0.0799. The van der Waals surface area contributed by atoms with Crippen molar-refractivity contribution in [2.45, 2.75) is 64.8 Å². The van der Waals surface area contributed by atoms with Gasteiger partial charge in [0.25, 0.3) is 11.8 Å². The van der Waals surface area contributed by atoms with Crippen LogP contribution in [-0.4, -0.2) is 176 Å². The van der Waals surface area contributed by atoms with E-state index in [0.717, 1.165) is 35.6 Å². The number of carbonyl (C=O) groups is 6. The maximum Gasteiger partial charge on any atom is 0.331 e. The number of aliphatic carboxylic acids is 4. The lowest BCUT2D eigenvalue weighted by atomic mass is 10.1. The average molecular weight is 945 g/mol. The van der Waals surface area contributed by atoms with Crippen molar-refractivity contribution in [2.24, 2.45) is 0 Å². The van der Waals surface area contributed by atoms with Crippen LogP contribution >= 0.6 is 23.5 Å². The Morgan fingerprint density at radius 2 is 0.891 bits per heavy atom. The van der Waals surface area contributed by atoms with Gasteiger partial charge in [-0.15, -0.1) is 8.75 Å². The highest BCUT2D eigenvalue weighted by molar-refractivity contribution is 6.99. The smallest absolute Gasteiger partial charge is 0.331 e. The highest BCUT2D eigenvalue weighted by Crippen LogP contribution is 2.27. The number of rotatable bonds is 20. The van der Waals surface area contributed by atoms with Gasteiger partial charge in [0.2, 0.25) is 11.6 Å². The van der Waals surface area contributed by atoms with Crippen molar-refractivity contribution in [3.63, 3.8) is 0 Å². The molecule has 0 aromatic carbocycles. The summed E-state index contributed by atoms with van der Waals surface area (Å²) in [5.41, 5.74) is -0.470. The summed E-state index contributed by atoms with van der Waals surface area (Å²) >= 11 is 2.11. The van der Waals surface area contributed by atoms with E-state index in [1.165, 1.54) is 0 Å². The highest BCUT2D eigenvalue weighted by Gasteiger charge is 2.25. The first-order valence-corrected chi connectivity index (χ1v) is 21.0. The minimum Gasteiger partial charge on any atom is -0.478 e. The molecule has 356 valence electrons. The third-order valence-corrected chi connectivity index (χ3v) is 8.70. The Morgan fingerprint density at radius 1 is 0.578 bits per heavy atom. The number of aromatic nitrogens is 4. The molecule has 0 aliphatic carbocycles. The van der Waals surface area contributed by atoms with Crippen molar-refractivity contribution in [3.8, 4) is 11.8 Å². The van der Waals surface area contributed by atoms with Crippen LogP contribution in [0.25, 0.3) is 0 Å². The lowest BCUT2D eigenvalue weighted by Crippen LogP contribution is -2.44. The molecule has 0 bridgehead atoms. The Hall–Kier alpha value is -5.80. The van der Waals surface area contributed by atoms with Crippen LogP contribution in [0, 0.1) is 0 Å². The lowest BCUT2D eigenvalue weighted by Gasteiger charge is -2.27. The number of hydrogen-bond acceptors (Lipinski definition) is 22. The van der Waals surface area contributed by atoms with Crippen LogP contribution in [0.3, 0.4) is 0 Å². The molecule has 2 aromatic rings. The van der Waals surface area contributed by atoms with Crippen molar-refractivity contribution < 1.29 is 77.6 Å². The predicted molar refractivity (Wildman–Crippen MR) is 230 cm³/mol. The molecule has 26 heteroatoms. The van der Waals surface area contributed by atoms with Crippen LogP contribution in [0.2, 0.25) is 0 Å². The molecule has 0 radical (unpaired) electrons. The van der Waals surface area contributed by atoms with Crippen LogP contribution < -0.4 is 29.9 Å². The summed E-state index contributed by atoms with van der Waals surface area (Å²) in [6, 6.07) is 0. The largest absolute Gasteiger partial charge is 0.478 e. The van der Waals surface area contributed by atoms with E-state index in [1.54, 1.807) is 0 Å². The summed E-state index contributed by atoms with van der Waals surface area (Å²) in [6.45, 7) is 17.9. The summed E-state index contributed by atoms with van der Waals surface area (Å²) in [7, 11) is 0. The fourth-order valence-electron chi connectivity index (χ4n) is 4.75.